The van der Waals surface area contributed by atoms with Crippen molar-refractivity contribution in [3.8, 4) is 0 Å². The Morgan fingerprint density at radius 1 is 1.23 bits per heavy atom. The number of amides is 1. The van der Waals surface area contributed by atoms with Crippen LogP contribution in [0.4, 0.5) is 5.69 Å². The molecule has 0 saturated heterocycles. The lowest BCUT2D eigenvalue weighted by atomic mass is 10.1. The molecule has 1 aromatic heterocycles. The first kappa shape index (κ1) is 21.9. The third-order valence-electron chi connectivity index (χ3n) is 5.13. The van der Waals surface area contributed by atoms with E-state index in [1.807, 2.05) is 19.9 Å². The Labute approximate surface area is 179 Å². The van der Waals surface area contributed by atoms with E-state index in [9.17, 15) is 19.7 Å². The predicted molar refractivity (Wildman–Crippen MR) is 120 cm³/mol. The van der Waals surface area contributed by atoms with E-state index in [1.165, 1.54) is 22.8 Å². The standard InChI is InChI=1S/C23H24N4O4/c1-4-15-26(21(28)14-11-17-9-12-18(13-10-17)27(30)31)16(2)22-24-20-8-6-5-7-19(20)23(29)25(22)3/h5-14,16H,4,15H2,1-3H3/b14-11+. The van der Waals surface area contributed by atoms with Crippen LogP contribution in [0.2, 0.25) is 0 Å². The van der Waals surface area contributed by atoms with Gasteiger partial charge in [-0.15, -0.1) is 0 Å². The number of para-hydroxylation sites is 1. The minimum Gasteiger partial charge on any atom is -0.329 e. The quantitative estimate of drug-likeness (QED) is 0.328. The van der Waals surface area contributed by atoms with Crippen molar-refractivity contribution in [2.24, 2.45) is 7.05 Å². The second-order valence-electron chi connectivity index (χ2n) is 7.24. The Hall–Kier alpha value is -3.81. The smallest absolute Gasteiger partial charge is 0.269 e. The van der Waals surface area contributed by atoms with Gasteiger partial charge in [0, 0.05) is 31.8 Å². The molecule has 160 valence electrons. The maximum atomic E-state index is 13.0. The van der Waals surface area contributed by atoms with Gasteiger partial charge in [0.1, 0.15) is 5.82 Å². The van der Waals surface area contributed by atoms with Crippen LogP contribution in [-0.4, -0.2) is 31.8 Å². The summed E-state index contributed by atoms with van der Waals surface area (Å²) in [6, 6.07) is 12.7. The van der Waals surface area contributed by atoms with Gasteiger partial charge in [0.25, 0.3) is 11.2 Å². The van der Waals surface area contributed by atoms with Gasteiger partial charge < -0.3 is 4.90 Å². The minimum atomic E-state index is -0.468. The molecule has 0 aliphatic heterocycles. The molecule has 3 rings (SSSR count). The Morgan fingerprint density at radius 2 is 1.90 bits per heavy atom. The van der Waals surface area contributed by atoms with Crippen LogP contribution in [0.25, 0.3) is 17.0 Å². The minimum absolute atomic E-state index is 0.00648. The Bertz CT molecular complexity index is 1200. The molecular weight excluding hydrogens is 396 g/mol. The molecule has 1 atom stereocenters. The molecule has 0 saturated carbocycles. The molecule has 0 aliphatic rings. The third kappa shape index (κ3) is 4.69. The van der Waals surface area contributed by atoms with E-state index in [-0.39, 0.29) is 17.2 Å². The zero-order chi connectivity index (χ0) is 22.5. The molecule has 31 heavy (non-hydrogen) atoms. The summed E-state index contributed by atoms with van der Waals surface area (Å²) in [4.78, 5) is 42.3. The number of carbonyl (C=O) groups is 1. The van der Waals surface area contributed by atoms with Crippen molar-refractivity contribution in [3.05, 3.63) is 86.5 Å². The van der Waals surface area contributed by atoms with Crippen molar-refractivity contribution in [1.29, 1.82) is 0 Å². The lowest BCUT2D eigenvalue weighted by molar-refractivity contribution is -0.384. The van der Waals surface area contributed by atoms with Crippen LogP contribution in [0, 0.1) is 10.1 Å². The number of hydrogen-bond acceptors (Lipinski definition) is 5. The van der Waals surface area contributed by atoms with Crippen LogP contribution in [-0.2, 0) is 11.8 Å². The summed E-state index contributed by atoms with van der Waals surface area (Å²) < 4.78 is 1.49. The number of nitro groups is 1. The van der Waals surface area contributed by atoms with Crippen molar-refractivity contribution in [3.63, 3.8) is 0 Å². The van der Waals surface area contributed by atoms with Crippen LogP contribution in [0.15, 0.2) is 59.4 Å². The number of aromatic nitrogens is 2. The summed E-state index contributed by atoms with van der Waals surface area (Å²) in [5, 5.41) is 11.3. The van der Waals surface area contributed by atoms with Gasteiger partial charge in [-0.3, -0.25) is 24.3 Å². The Balaban J connectivity index is 1.89. The number of hydrogen-bond donors (Lipinski definition) is 0. The van der Waals surface area contributed by atoms with Crippen molar-refractivity contribution in [1.82, 2.24) is 14.5 Å². The van der Waals surface area contributed by atoms with Gasteiger partial charge in [-0.2, -0.15) is 0 Å². The summed E-state index contributed by atoms with van der Waals surface area (Å²) in [6.07, 6.45) is 3.80. The monoisotopic (exact) mass is 420 g/mol. The summed E-state index contributed by atoms with van der Waals surface area (Å²) in [5.74, 6) is 0.282. The summed E-state index contributed by atoms with van der Waals surface area (Å²) in [6.45, 7) is 4.32. The molecule has 3 aromatic rings. The molecule has 1 amide bonds. The number of non-ortho nitro benzene ring substituents is 1. The first-order valence-corrected chi connectivity index (χ1v) is 10.0. The average Bonchev–Trinajstić information content (AvgIpc) is 2.78. The maximum Gasteiger partial charge on any atom is 0.269 e. The Morgan fingerprint density at radius 3 is 2.55 bits per heavy atom. The molecule has 0 radical (unpaired) electrons. The largest absolute Gasteiger partial charge is 0.329 e. The van der Waals surface area contributed by atoms with Crippen LogP contribution in [0.1, 0.15) is 37.7 Å². The van der Waals surface area contributed by atoms with Gasteiger partial charge >= 0.3 is 0 Å². The molecular formula is C23H24N4O4. The van der Waals surface area contributed by atoms with Crippen LogP contribution < -0.4 is 5.56 Å². The van der Waals surface area contributed by atoms with Gasteiger partial charge in [-0.25, -0.2) is 4.98 Å². The molecule has 1 heterocycles. The summed E-state index contributed by atoms with van der Waals surface area (Å²) in [5.41, 5.74) is 1.11. The second kappa shape index (κ2) is 9.34. The SMILES string of the molecule is CCCN(C(=O)/C=C/c1ccc([N+](=O)[O-])cc1)C(C)c1nc2ccccc2c(=O)n1C. The molecule has 0 N–H and O–H groups in total. The lowest BCUT2D eigenvalue weighted by Crippen LogP contribution is -2.36. The van der Waals surface area contributed by atoms with Crippen LogP contribution >= 0.6 is 0 Å². The van der Waals surface area contributed by atoms with Crippen LogP contribution in [0.3, 0.4) is 0 Å². The fourth-order valence-corrected chi connectivity index (χ4v) is 3.45. The van der Waals surface area contributed by atoms with Gasteiger partial charge in [0.15, 0.2) is 0 Å². The van der Waals surface area contributed by atoms with E-state index in [4.69, 9.17) is 0 Å². The number of carbonyl (C=O) groups excluding carboxylic acids is 1. The van der Waals surface area contributed by atoms with E-state index in [0.29, 0.717) is 28.8 Å². The topological polar surface area (TPSA) is 98.3 Å². The zero-order valence-corrected chi connectivity index (χ0v) is 17.7. The second-order valence-corrected chi connectivity index (χ2v) is 7.24. The van der Waals surface area contributed by atoms with Crippen molar-refractivity contribution in [2.45, 2.75) is 26.3 Å². The highest BCUT2D eigenvalue weighted by Gasteiger charge is 2.23. The highest BCUT2D eigenvalue weighted by atomic mass is 16.6. The first-order chi connectivity index (χ1) is 14.8. The highest BCUT2D eigenvalue weighted by molar-refractivity contribution is 5.92. The van der Waals surface area contributed by atoms with E-state index >= 15 is 0 Å². The summed E-state index contributed by atoms with van der Waals surface area (Å²) >= 11 is 0. The van der Waals surface area contributed by atoms with E-state index in [1.54, 1.807) is 48.4 Å². The van der Waals surface area contributed by atoms with E-state index in [0.717, 1.165) is 6.42 Å². The normalized spacial score (nSPS) is 12.2. The third-order valence-corrected chi connectivity index (χ3v) is 5.13. The van der Waals surface area contributed by atoms with Gasteiger partial charge in [0.2, 0.25) is 5.91 Å². The fraction of sp³-hybridized carbons (Fsp3) is 0.261. The lowest BCUT2D eigenvalue weighted by Gasteiger charge is -2.28. The number of fused-ring (bicyclic) bond motifs is 1. The van der Waals surface area contributed by atoms with E-state index in [2.05, 4.69) is 4.98 Å². The molecule has 8 heteroatoms. The van der Waals surface area contributed by atoms with Crippen molar-refractivity contribution < 1.29 is 9.72 Å². The number of nitrogens with zero attached hydrogens (tertiary/aromatic N) is 4. The molecule has 1 unspecified atom stereocenters. The molecule has 8 nitrogen and oxygen atoms in total. The summed E-state index contributed by atoms with van der Waals surface area (Å²) in [7, 11) is 1.66. The van der Waals surface area contributed by atoms with Gasteiger partial charge in [0.05, 0.1) is 21.9 Å². The molecule has 0 fully saturated rings. The average molecular weight is 420 g/mol. The molecule has 0 aliphatic carbocycles. The fourth-order valence-electron chi connectivity index (χ4n) is 3.45. The zero-order valence-electron chi connectivity index (χ0n) is 17.7. The number of rotatable bonds is 7. The number of nitro benzene ring substituents is 1. The number of benzene rings is 2. The molecule has 2 aromatic carbocycles. The predicted octanol–water partition coefficient (Wildman–Crippen LogP) is 3.85. The van der Waals surface area contributed by atoms with Crippen molar-refractivity contribution >= 4 is 28.6 Å². The van der Waals surface area contributed by atoms with Gasteiger partial charge in [-0.05, 0) is 49.2 Å². The molecule has 0 spiro atoms. The van der Waals surface area contributed by atoms with E-state index < -0.39 is 11.0 Å². The van der Waals surface area contributed by atoms with Crippen molar-refractivity contribution in [2.75, 3.05) is 6.54 Å². The van der Waals surface area contributed by atoms with Gasteiger partial charge in [-0.1, -0.05) is 19.1 Å². The first-order valence-electron chi connectivity index (χ1n) is 10.0. The van der Waals surface area contributed by atoms with Crippen LogP contribution in [0.5, 0.6) is 0 Å². The highest BCUT2D eigenvalue weighted by Crippen LogP contribution is 2.21. The maximum absolute atomic E-state index is 13.0. The molecule has 0 bridgehead atoms. The Kier molecular flexibility index (Phi) is 6.59.